The van der Waals surface area contributed by atoms with Crippen molar-refractivity contribution in [3.8, 4) is 5.75 Å². The van der Waals surface area contributed by atoms with E-state index in [4.69, 9.17) is 4.74 Å². The molecule has 2 N–H and O–H groups in total. The fourth-order valence-electron chi connectivity index (χ4n) is 2.00. The van der Waals surface area contributed by atoms with Crippen molar-refractivity contribution in [3.63, 3.8) is 0 Å². The molecule has 2 aromatic rings. The Hall–Kier alpha value is -2.75. The minimum Gasteiger partial charge on any atom is -0.489 e. The van der Waals surface area contributed by atoms with Crippen LogP contribution in [0.3, 0.4) is 0 Å². The summed E-state index contributed by atoms with van der Waals surface area (Å²) in [6, 6.07) is 17.8. The molecule has 2 rings (SSSR count). The second-order valence-corrected chi connectivity index (χ2v) is 5.07. The van der Waals surface area contributed by atoms with E-state index in [0.717, 1.165) is 17.0 Å². The Kier molecular flexibility index (Phi) is 6.72. The van der Waals surface area contributed by atoms with Gasteiger partial charge in [-0.25, -0.2) is 0 Å². The number of ether oxygens (including phenoxy) is 1. The predicted molar refractivity (Wildman–Crippen MR) is 93.5 cm³/mol. The molecule has 120 valence electrons. The highest BCUT2D eigenvalue weighted by molar-refractivity contribution is 5.76. The molecule has 0 saturated heterocycles. The third-order valence-corrected chi connectivity index (χ3v) is 3.23. The summed E-state index contributed by atoms with van der Waals surface area (Å²) in [5.41, 5.74) is 2.11. The number of carbonyl (C=O) groups excluding carboxylic acids is 1. The first kappa shape index (κ1) is 16.6. The van der Waals surface area contributed by atoms with Gasteiger partial charge in [0.15, 0.2) is 0 Å². The van der Waals surface area contributed by atoms with Crippen LogP contribution >= 0.6 is 0 Å². The van der Waals surface area contributed by atoms with Gasteiger partial charge < -0.3 is 15.4 Å². The summed E-state index contributed by atoms with van der Waals surface area (Å²) < 4.78 is 5.73. The highest BCUT2D eigenvalue weighted by Gasteiger charge is 2.00. The maximum absolute atomic E-state index is 11.4. The summed E-state index contributed by atoms with van der Waals surface area (Å²) >= 11 is 0. The molecule has 0 atom stereocenters. The van der Waals surface area contributed by atoms with Gasteiger partial charge >= 0.3 is 0 Å². The summed E-state index contributed by atoms with van der Waals surface area (Å²) in [7, 11) is 0. The Balaban J connectivity index is 1.72. The molecule has 0 aliphatic carbocycles. The van der Waals surface area contributed by atoms with Crippen LogP contribution in [0.15, 0.2) is 67.3 Å². The van der Waals surface area contributed by atoms with Crippen LogP contribution in [0.25, 0.3) is 0 Å². The highest BCUT2D eigenvalue weighted by Crippen LogP contribution is 2.17. The van der Waals surface area contributed by atoms with Crippen molar-refractivity contribution >= 4 is 11.6 Å². The molecular weight excluding hydrogens is 288 g/mol. The lowest BCUT2D eigenvalue weighted by atomic mass is 10.2. The molecule has 1 amide bonds. The number of anilines is 1. The second-order valence-electron chi connectivity index (χ2n) is 5.07. The van der Waals surface area contributed by atoms with Crippen LogP contribution in [0, 0.1) is 0 Å². The van der Waals surface area contributed by atoms with Crippen LogP contribution in [-0.2, 0) is 11.4 Å². The molecule has 0 aromatic heterocycles. The van der Waals surface area contributed by atoms with Gasteiger partial charge in [-0.15, -0.1) is 6.58 Å². The summed E-state index contributed by atoms with van der Waals surface area (Å²) in [4.78, 5) is 11.4. The van der Waals surface area contributed by atoms with Gasteiger partial charge in [0.25, 0.3) is 0 Å². The van der Waals surface area contributed by atoms with Crippen molar-refractivity contribution < 1.29 is 9.53 Å². The number of hydrogen-bond acceptors (Lipinski definition) is 3. The van der Waals surface area contributed by atoms with E-state index in [-0.39, 0.29) is 5.91 Å². The zero-order valence-corrected chi connectivity index (χ0v) is 13.1. The fourth-order valence-corrected chi connectivity index (χ4v) is 2.00. The van der Waals surface area contributed by atoms with Gasteiger partial charge in [0.05, 0.1) is 0 Å². The van der Waals surface area contributed by atoms with Crippen LogP contribution in [0.4, 0.5) is 5.69 Å². The molecule has 4 nitrogen and oxygen atoms in total. The number of carbonyl (C=O) groups is 1. The molecule has 0 aliphatic rings. The van der Waals surface area contributed by atoms with E-state index in [2.05, 4.69) is 17.2 Å². The van der Waals surface area contributed by atoms with Crippen LogP contribution in [0.1, 0.15) is 12.0 Å². The van der Waals surface area contributed by atoms with Gasteiger partial charge in [-0.2, -0.15) is 0 Å². The van der Waals surface area contributed by atoms with E-state index in [1.54, 1.807) is 6.08 Å². The molecule has 0 aliphatic heterocycles. The van der Waals surface area contributed by atoms with Crippen molar-refractivity contribution in [2.75, 3.05) is 18.4 Å². The summed E-state index contributed by atoms with van der Waals surface area (Å²) in [6.45, 7) is 5.21. The van der Waals surface area contributed by atoms with Gasteiger partial charge in [0.1, 0.15) is 12.4 Å². The van der Waals surface area contributed by atoms with Crippen LogP contribution < -0.4 is 15.4 Å². The summed E-state index contributed by atoms with van der Waals surface area (Å²) in [5.74, 6) is 0.836. The summed E-state index contributed by atoms with van der Waals surface area (Å²) in [6.07, 6.45) is 2.10. The Labute approximate surface area is 137 Å². The van der Waals surface area contributed by atoms with Gasteiger partial charge in [-0.1, -0.05) is 36.4 Å². The zero-order valence-electron chi connectivity index (χ0n) is 13.1. The molecule has 0 unspecified atom stereocenters. The van der Waals surface area contributed by atoms with E-state index in [0.29, 0.717) is 26.1 Å². The Morgan fingerprint density at radius 1 is 1.09 bits per heavy atom. The van der Waals surface area contributed by atoms with Gasteiger partial charge in [0, 0.05) is 25.2 Å². The molecule has 4 heteroatoms. The van der Waals surface area contributed by atoms with Crippen LogP contribution in [-0.4, -0.2) is 19.0 Å². The molecule has 0 saturated carbocycles. The number of hydrogen-bond donors (Lipinski definition) is 2. The lowest BCUT2D eigenvalue weighted by Gasteiger charge is -2.09. The van der Waals surface area contributed by atoms with Gasteiger partial charge in [0.2, 0.25) is 5.91 Å². The minimum atomic E-state index is 0.0141. The molecule has 0 bridgehead atoms. The smallest absolute Gasteiger partial charge is 0.222 e. The average Bonchev–Trinajstić information content (AvgIpc) is 2.60. The molecular formula is C19H22N2O2. The normalized spacial score (nSPS) is 9.91. The Bertz CT molecular complexity index is 609. The number of amides is 1. The predicted octanol–water partition coefficient (Wildman–Crippen LogP) is 3.37. The Morgan fingerprint density at radius 3 is 2.52 bits per heavy atom. The molecule has 0 heterocycles. The fraction of sp³-hybridized carbons (Fsp3) is 0.211. The first-order valence-corrected chi connectivity index (χ1v) is 7.66. The molecule has 2 aromatic carbocycles. The quantitative estimate of drug-likeness (QED) is 0.698. The largest absolute Gasteiger partial charge is 0.489 e. The maximum Gasteiger partial charge on any atom is 0.222 e. The van der Waals surface area contributed by atoms with Crippen molar-refractivity contribution in [2.24, 2.45) is 0 Å². The summed E-state index contributed by atoms with van der Waals surface area (Å²) in [5, 5.41) is 5.95. The van der Waals surface area contributed by atoms with Crippen LogP contribution in [0.5, 0.6) is 5.75 Å². The van der Waals surface area contributed by atoms with Crippen molar-refractivity contribution in [1.29, 1.82) is 0 Å². The van der Waals surface area contributed by atoms with E-state index in [9.17, 15) is 4.79 Å². The van der Waals surface area contributed by atoms with E-state index in [1.165, 1.54) is 0 Å². The van der Waals surface area contributed by atoms with Crippen molar-refractivity contribution in [2.45, 2.75) is 13.0 Å². The monoisotopic (exact) mass is 310 g/mol. The molecule has 0 fully saturated rings. The van der Waals surface area contributed by atoms with E-state index >= 15 is 0 Å². The first-order chi connectivity index (χ1) is 11.3. The first-order valence-electron chi connectivity index (χ1n) is 7.66. The Morgan fingerprint density at radius 2 is 1.83 bits per heavy atom. The SMILES string of the molecule is C=CCNC(=O)CCNc1ccc(OCc2ccccc2)cc1. The second kappa shape index (κ2) is 9.30. The van der Waals surface area contributed by atoms with Crippen molar-refractivity contribution in [3.05, 3.63) is 72.8 Å². The number of nitrogens with one attached hydrogen (secondary N) is 2. The van der Waals surface area contributed by atoms with Crippen LogP contribution in [0.2, 0.25) is 0 Å². The van der Waals surface area contributed by atoms with Gasteiger partial charge in [-0.3, -0.25) is 4.79 Å². The third kappa shape index (κ3) is 6.26. The number of benzene rings is 2. The van der Waals surface area contributed by atoms with Gasteiger partial charge in [-0.05, 0) is 29.8 Å². The minimum absolute atomic E-state index is 0.0141. The standard InChI is InChI=1S/C19H22N2O2/c1-2-13-21-19(22)12-14-20-17-8-10-18(11-9-17)23-15-16-6-4-3-5-7-16/h2-11,20H,1,12-15H2,(H,21,22). The zero-order chi connectivity index (χ0) is 16.3. The molecule has 23 heavy (non-hydrogen) atoms. The maximum atomic E-state index is 11.4. The van der Waals surface area contributed by atoms with E-state index in [1.807, 2.05) is 54.6 Å². The third-order valence-electron chi connectivity index (χ3n) is 3.23. The van der Waals surface area contributed by atoms with E-state index < -0.39 is 0 Å². The molecule has 0 spiro atoms. The molecule has 0 radical (unpaired) electrons. The lowest BCUT2D eigenvalue weighted by molar-refractivity contribution is -0.120. The number of rotatable bonds is 9. The van der Waals surface area contributed by atoms with Crippen molar-refractivity contribution in [1.82, 2.24) is 5.32 Å². The highest BCUT2D eigenvalue weighted by atomic mass is 16.5. The lowest BCUT2D eigenvalue weighted by Crippen LogP contribution is -2.25. The topological polar surface area (TPSA) is 50.4 Å². The average molecular weight is 310 g/mol.